The topological polar surface area (TPSA) is 93.5 Å². The van der Waals surface area contributed by atoms with Gasteiger partial charge in [0.2, 0.25) is 5.88 Å². The van der Waals surface area contributed by atoms with Gasteiger partial charge in [-0.05, 0) is 81.6 Å². The number of hydrogen-bond acceptors (Lipinski definition) is 4. The van der Waals surface area contributed by atoms with Gasteiger partial charge in [0, 0.05) is 12.2 Å². The van der Waals surface area contributed by atoms with E-state index < -0.39 is 11.4 Å². The zero-order chi connectivity index (χ0) is 22.3. The van der Waals surface area contributed by atoms with E-state index in [1.165, 1.54) is 43.0 Å². The molecule has 4 fully saturated rings. The van der Waals surface area contributed by atoms with E-state index in [0.717, 1.165) is 11.8 Å². The van der Waals surface area contributed by atoms with Crippen LogP contribution in [0.25, 0.3) is 6.20 Å². The van der Waals surface area contributed by atoms with Gasteiger partial charge in [-0.1, -0.05) is 13.8 Å². The fraction of sp³-hybridized carbons (Fsp3) is 0.708. The molecule has 0 aromatic carbocycles. The standard InChI is InChI=1S/C24H35N3O4/c1-14(2)13-31-22-19(12-25-27(22)6-5-24(3,4)23(29)30)21(28)26-20-17-8-15-7-16(10-17)11-18(20)9-15/h5-6,12,14-18,20H,7-11,13H2,1-4H3,(H,26,28)(H,29,30). The molecule has 1 amide bonds. The summed E-state index contributed by atoms with van der Waals surface area (Å²) in [6.07, 6.45) is 11.0. The van der Waals surface area contributed by atoms with E-state index in [2.05, 4.69) is 10.4 Å². The number of carbonyl (C=O) groups is 2. The van der Waals surface area contributed by atoms with Crippen molar-refractivity contribution < 1.29 is 19.4 Å². The van der Waals surface area contributed by atoms with Crippen LogP contribution in [0.4, 0.5) is 0 Å². The molecule has 0 atom stereocenters. The Kier molecular flexibility index (Phi) is 5.88. The van der Waals surface area contributed by atoms with Gasteiger partial charge in [0.25, 0.3) is 5.91 Å². The summed E-state index contributed by atoms with van der Waals surface area (Å²) in [5.41, 5.74) is -0.642. The van der Waals surface area contributed by atoms with Crippen LogP contribution in [0, 0.1) is 35.0 Å². The van der Waals surface area contributed by atoms with E-state index in [1.54, 1.807) is 26.1 Å². The van der Waals surface area contributed by atoms with Gasteiger partial charge in [-0.15, -0.1) is 0 Å². The smallest absolute Gasteiger partial charge is 0.312 e. The van der Waals surface area contributed by atoms with Crippen molar-refractivity contribution in [2.45, 2.75) is 65.8 Å². The van der Waals surface area contributed by atoms with E-state index in [1.807, 2.05) is 13.8 Å². The number of nitrogens with zero attached hydrogens (tertiary/aromatic N) is 2. The monoisotopic (exact) mass is 429 g/mol. The fourth-order valence-corrected chi connectivity index (χ4v) is 5.72. The maximum Gasteiger partial charge on any atom is 0.312 e. The molecule has 0 unspecified atom stereocenters. The molecule has 170 valence electrons. The Balaban J connectivity index is 1.54. The summed E-state index contributed by atoms with van der Waals surface area (Å²) in [7, 11) is 0. The maximum absolute atomic E-state index is 13.3. The molecule has 4 aliphatic carbocycles. The van der Waals surface area contributed by atoms with E-state index in [-0.39, 0.29) is 17.9 Å². The van der Waals surface area contributed by atoms with Gasteiger partial charge in [0.15, 0.2) is 0 Å². The first kappa shape index (κ1) is 21.9. The van der Waals surface area contributed by atoms with Crippen molar-refractivity contribution in [3.63, 3.8) is 0 Å². The molecule has 5 rings (SSSR count). The molecule has 0 aliphatic heterocycles. The predicted octanol–water partition coefficient (Wildman–Crippen LogP) is 4.05. The van der Waals surface area contributed by atoms with E-state index in [0.29, 0.717) is 29.9 Å². The number of rotatable bonds is 8. The van der Waals surface area contributed by atoms with Crippen molar-refractivity contribution in [3.8, 4) is 5.88 Å². The molecule has 7 heteroatoms. The Hall–Kier alpha value is -2.31. The molecular formula is C24H35N3O4. The lowest BCUT2D eigenvalue weighted by atomic mass is 9.54. The summed E-state index contributed by atoms with van der Waals surface area (Å²) in [6, 6.07) is 0.239. The second-order valence-corrected chi connectivity index (χ2v) is 10.8. The normalized spacial score (nSPS) is 29.6. The lowest BCUT2D eigenvalue weighted by Crippen LogP contribution is -2.55. The average Bonchev–Trinajstić information content (AvgIpc) is 3.09. The quantitative estimate of drug-likeness (QED) is 0.650. The van der Waals surface area contributed by atoms with Crippen LogP contribution in [0.5, 0.6) is 5.88 Å². The Labute approximate surface area is 184 Å². The summed E-state index contributed by atoms with van der Waals surface area (Å²) in [4.78, 5) is 24.7. The summed E-state index contributed by atoms with van der Waals surface area (Å²) >= 11 is 0. The van der Waals surface area contributed by atoms with Crippen LogP contribution < -0.4 is 10.1 Å². The molecule has 4 aliphatic rings. The fourth-order valence-electron chi connectivity index (χ4n) is 5.72. The van der Waals surface area contributed by atoms with Gasteiger partial charge in [0.1, 0.15) is 5.56 Å². The number of hydrogen-bond donors (Lipinski definition) is 2. The number of nitrogens with one attached hydrogen (secondary N) is 1. The lowest BCUT2D eigenvalue weighted by molar-refractivity contribution is -0.144. The molecule has 1 aromatic heterocycles. The van der Waals surface area contributed by atoms with Gasteiger partial charge in [0.05, 0.1) is 18.2 Å². The third-order valence-corrected chi connectivity index (χ3v) is 7.26. The number of amides is 1. The van der Waals surface area contributed by atoms with Crippen LogP contribution in [-0.4, -0.2) is 39.4 Å². The molecule has 0 radical (unpaired) electrons. The first-order chi connectivity index (χ1) is 14.6. The van der Waals surface area contributed by atoms with Crippen molar-refractivity contribution >= 4 is 18.1 Å². The molecule has 1 heterocycles. The molecule has 2 N–H and O–H groups in total. The van der Waals surface area contributed by atoms with Crippen LogP contribution in [0.2, 0.25) is 0 Å². The van der Waals surface area contributed by atoms with Crippen LogP contribution >= 0.6 is 0 Å². The van der Waals surface area contributed by atoms with Crippen LogP contribution in [0.3, 0.4) is 0 Å². The molecule has 0 saturated heterocycles. The summed E-state index contributed by atoms with van der Waals surface area (Å²) in [6.45, 7) is 7.75. The van der Waals surface area contributed by atoms with Gasteiger partial charge < -0.3 is 15.2 Å². The number of aromatic nitrogens is 2. The molecular weight excluding hydrogens is 394 g/mol. The second kappa shape index (κ2) is 8.32. The highest BCUT2D eigenvalue weighted by Crippen LogP contribution is 2.53. The summed E-state index contributed by atoms with van der Waals surface area (Å²) < 4.78 is 7.44. The van der Waals surface area contributed by atoms with Crippen LogP contribution in [-0.2, 0) is 4.79 Å². The molecule has 1 aromatic rings. The van der Waals surface area contributed by atoms with Crippen molar-refractivity contribution in [1.82, 2.24) is 15.1 Å². The number of carbonyl (C=O) groups excluding carboxylic acids is 1. The zero-order valence-corrected chi connectivity index (χ0v) is 19.0. The van der Waals surface area contributed by atoms with Gasteiger partial charge >= 0.3 is 5.97 Å². The van der Waals surface area contributed by atoms with Crippen molar-refractivity contribution in [2.24, 2.45) is 35.0 Å². The maximum atomic E-state index is 13.3. The Morgan fingerprint density at radius 2 is 1.84 bits per heavy atom. The minimum Gasteiger partial charge on any atom is -0.481 e. The molecule has 0 spiro atoms. The summed E-state index contributed by atoms with van der Waals surface area (Å²) in [5.74, 6) is 2.46. The molecule has 7 nitrogen and oxygen atoms in total. The second-order valence-electron chi connectivity index (χ2n) is 10.8. The number of aliphatic carboxylic acids is 1. The Morgan fingerprint density at radius 3 is 2.39 bits per heavy atom. The summed E-state index contributed by atoms with van der Waals surface area (Å²) in [5, 5.41) is 17.0. The zero-order valence-electron chi connectivity index (χ0n) is 19.0. The highest BCUT2D eigenvalue weighted by atomic mass is 16.5. The number of carboxylic acids is 1. The van der Waals surface area contributed by atoms with Gasteiger partial charge in [-0.3, -0.25) is 9.59 Å². The van der Waals surface area contributed by atoms with Crippen molar-refractivity contribution in [1.29, 1.82) is 0 Å². The van der Waals surface area contributed by atoms with Crippen LogP contribution in [0.1, 0.15) is 70.2 Å². The third kappa shape index (κ3) is 4.51. The van der Waals surface area contributed by atoms with E-state index in [4.69, 9.17) is 4.74 Å². The minimum absolute atomic E-state index is 0.145. The first-order valence-corrected chi connectivity index (χ1v) is 11.6. The van der Waals surface area contributed by atoms with Crippen molar-refractivity contribution in [3.05, 3.63) is 17.8 Å². The molecule has 31 heavy (non-hydrogen) atoms. The van der Waals surface area contributed by atoms with Crippen molar-refractivity contribution in [2.75, 3.05) is 6.61 Å². The number of carboxylic acid groups (broad SMARTS) is 1. The third-order valence-electron chi connectivity index (χ3n) is 7.26. The van der Waals surface area contributed by atoms with Gasteiger partial charge in [-0.25, -0.2) is 4.68 Å². The van der Waals surface area contributed by atoms with Gasteiger partial charge in [-0.2, -0.15) is 5.10 Å². The highest BCUT2D eigenvalue weighted by Gasteiger charge is 2.48. The molecule has 4 bridgehead atoms. The average molecular weight is 430 g/mol. The van der Waals surface area contributed by atoms with E-state index >= 15 is 0 Å². The molecule has 4 saturated carbocycles. The Bertz CT molecular complexity index is 842. The SMILES string of the molecule is CC(C)COc1c(C(=O)NC2C3CC4CC(C3)CC2C4)cnn1C=CC(C)(C)C(=O)O. The van der Waals surface area contributed by atoms with Crippen LogP contribution in [0.15, 0.2) is 12.3 Å². The highest BCUT2D eigenvalue weighted by molar-refractivity contribution is 5.96. The lowest BCUT2D eigenvalue weighted by Gasteiger charge is -2.54. The number of ether oxygens (including phenoxy) is 1. The largest absolute Gasteiger partial charge is 0.481 e. The Morgan fingerprint density at radius 1 is 1.23 bits per heavy atom. The minimum atomic E-state index is -1.05. The van der Waals surface area contributed by atoms with E-state index in [9.17, 15) is 14.7 Å². The first-order valence-electron chi connectivity index (χ1n) is 11.6. The predicted molar refractivity (Wildman–Crippen MR) is 118 cm³/mol.